The van der Waals surface area contributed by atoms with Crippen LogP contribution in [0, 0.1) is 19.3 Å². The van der Waals surface area contributed by atoms with Gasteiger partial charge in [0.1, 0.15) is 0 Å². The molecule has 0 aliphatic carbocycles. The van der Waals surface area contributed by atoms with E-state index in [4.69, 9.17) is 10.5 Å². The first kappa shape index (κ1) is 17.9. The molecule has 0 radical (unpaired) electrons. The zero-order valence-corrected chi connectivity index (χ0v) is 15.1. The fourth-order valence-electron chi connectivity index (χ4n) is 3.32. The molecule has 0 bridgehead atoms. The molecular formula is C17H30N4O2. The van der Waals surface area contributed by atoms with E-state index >= 15 is 0 Å². The number of hydrogen-bond donors (Lipinski definition) is 1. The van der Waals surface area contributed by atoms with Crippen LogP contribution >= 0.6 is 0 Å². The number of hydrogen-bond acceptors (Lipinski definition) is 5. The Hall–Kier alpha value is -1.40. The number of carbonyl (C=O) groups excluding carboxylic acids is 1. The summed E-state index contributed by atoms with van der Waals surface area (Å²) in [6, 6.07) is 0.267. The minimum Gasteiger partial charge on any atom is -0.469 e. The Morgan fingerprint density at radius 2 is 2.13 bits per heavy atom. The first-order chi connectivity index (χ1) is 10.7. The maximum Gasteiger partial charge on any atom is 0.307 e. The predicted octanol–water partition coefficient (Wildman–Crippen LogP) is 1.62. The summed E-state index contributed by atoms with van der Waals surface area (Å²) in [6.45, 7) is 12.1. The first-order valence-electron chi connectivity index (χ1n) is 8.32. The largest absolute Gasteiger partial charge is 0.469 e. The number of aryl methyl sites for hydroxylation is 2. The number of methoxy groups -OCH3 is 1. The highest BCUT2D eigenvalue weighted by molar-refractivity contribution is 5.68. The van der Waals surface area contributed by atoms with Gasteiger partial charge in [0.25, 0.3) is 0 Å². The fourth-order valence-corrected chi connectivity index (χ4v) is 3.32. The van der Waals surface area contributed by atoms with E-state index in [0.29, 0.717) is 13.0 Å². The number of nitrogens with two attached hydrogens (primary N) is 1. The van der Waals surface area contributed by atoms with Gasteiger partial charge in [-0.1, -0.05) is 13.8 Å². The second kappa shape index (κ2) is 7.01. The van der Waals surface area contributed by atoms with Gasteiger partial charge < -0.3 is 10.5 Å². The number of ether oxygens (including phenoxy) is 1. The maximum absolute atomic E-state index is 11.3. The van der Waals surface area contributed by atoms with Crippen molar-refractivity contribution in [2.24, 2.45) is 11.1 Å². The van der Waals surface area contributed by atoms with E-state index in [2.05, 4.69) is 30.8 Å². The highest BCUT2D eigenvalue weighted by atomic mass is 16.5. The van der Waals surface area contributed by atoms with Gasteiger partial charge in [-0.2, -0.15) is 5.10 Å². The number of nitrogens with zero attached hydrogens (tertiary/aromatic N) is 3. The molecule has 6 heteroatoms. The summed E-state index contributed by atoms with van der Waals surface area (Å²) in [7, 11) is 1.41. The number of aromatic nitrogens is 2. The molecule has 0 aromatic carbocycles. The third-order valence-corrected chi connectivity index (χ3v) is 5.06. The lowest BCUT2D eigenvalue weighted by atomic mass is 9.79. The van der Waals surface area contributed by atoms with E-state index in [0.717, 1.165) is 37.4 Å². The summed E-state index contributed by atoms with van der Waals surface area (Å²) in [4.78, 5) is 13.8. The van der Waals surface area contributed by atoms with Crippen molar-refractivity contribution in [1.82, 2.24) is 14.7 Å². The van der Waals surface area contributed by atoms with Crippen LogP contribution in [-0.4, -0.2) is 46.9 Å². The monoisotopic (exact) mass is 322 g/mol. The van der Waals surface area contributed by atoms with E-state index in [1.165, 1.54) is 12.7 Å². The van der Waals surface area contributed by atoms with E-state index in [1.807, 2.05) is 11.6 Å². The molecule has 1 unspecified atom stereocenters. The smallest absolute Gasteiger partial charge is 0.307 e. The Labute approximate surface area is 139 Å². The van der Waals surface area contributed by atoms with Gasteiger partial charge in [0.2, 0.25) is 0 Å². The number of esters is 1. The lowest BCUT2D eigenvalue weighted by Gasteiger charge is -2.42. The molecule has 6 nitrogen and oxygen atoms in total. The third-order valence-electron chi connectivity index (χ3n) is 5.06. The number of piperidine rings is 1. The molecule has 0 amide bonds. The zero-order chi connectivity index (χ0) is 17.2. The van der Waals surface area contributed by atoms with Crippen molar-refractivity contribution < 1.29 is 9.53 Å². The molecule has 0 spiro atoms. The summed E-state index contributed by atoms with van der Waals surface area (Å²) in [5, 5.41) is 4.59. The normalized spacial score (nSPS) is 21.4. The summed E-state index contributed by atoms with van der Waals surface area (Å²) in [5.74, 6) is -0.203. The summed E-state index contributed by atoms with van der Waals surface area (Å²) in [6.07, 6.45) is 1.38. The summed E-state index contributed by atoms with van der Waals surface area (Å²) < 4.78 is 6.62. The average Bonchev–Trinajstić information content (AvgIpc) is 2.75. The second-order valence-electron chi connectivity index (χ2n) is 7.29. The molecule has 0 saturated carbocycles. The molecule has 1 aromatic heterocycles. The molecule has 1 atom stereocenters. The van der Waals surface area contributed by atoms with Crippen molar-refractivity contribution >= 4 is 5.97 Å². The minimum atomic E-state index is -0.203. The van der Waals surface area contributed by atoms with Crippen molar-refractivity contribution in [2.45, 2.75) is 59.7 Å². The molecule has 1 fully saturated rings. The van der Waals surface area contributed by atoms with Gasteiger partial charge in [0.15, 0.2) is 0 Å². The van der Waals surface area contributed by atoms with Crippen molar-refractivity contribution in [2.75, 3.05) is 20.2 Å². The summed E-state index contributed by atoms with van der Waals surface area (Å²) >= 11 is 0. The van der Waals surface area contributed by atoms with Crippen LogP contribution in [0.4, 0.5) is 0 Å². The number of carbonyl (C=O) groups is 1. The zero-order valence-electron chi connectivity index (χ0n) is 15.1. The SMILES string of the molecule is COC(=O)CCn1nc(C)c(CN2CCC(N)C(C)(C)C2)c1C. The Morgan fingerprint density at radius 1 is 1.43 bits per heavy atom. The quantitative estimate of drug-likeness (QED) is 0.834. The fraction of sp³-hybridized carbons (Fsp3) is 0.765. The Morgan fingerprint density at radius 3 is 2.74 bits per heavy atom. The van der Waals surface area contributed by atoms with Gasteiger partial charge >= 0.3 is 5.97 Å². The standard InChI is InChI=1S/C17H30N4O2/c1-12-14(10-20-8-6-15(18)17(3,4)11-20)13(2)21(19-12)9-7-16(22)23-5/h15H,6-11,18H2,1-5H3. The number of likely N-dealkylation sites (tertiary alicyclic amines) is 1. The van der Waals surface area contributed by atoms with Crippen molar-refractivity contribution in [3.8, 4) is 0 Å². The van der Waals surface area contributed by atoms with E-state index in [9.17, 15) is 4.79 Å². The van der Waals surface area contributed by atoms with Crippen LogP contribution in [-0.2, 0) is 22.6 Å². The third kappa shape index (κ3) is 4.12. The Bertz CT molecular complexity index is 565. The van der Waals surface area contributed by atoms with Crippen LogP contribution in [0.15, 0.2) is 0 Å². The first-order valence-corrected chi connectivity index (χ1v) is 8.32. The van der Waals surface area contributed by atoms with Gasteiger partial charge in [-0.05, 0) is 25.7 Å². The highest BCUT2D eigenvalue weighted by Gasteiger charge is 2.33. The van der Waals surface area contributed by atoms with Crippen LogP contribution in [0.3, 0.4) is 0 Å². The molecule has 2 N–H and O–H groups in total. The van der Waals surface area contributed by atoms with Gasteiger partial charge in [-0.25, -0.2) is 0 Å². The van der Waals surface area contributed by atoms with Crippen LogP contribution in [0.5, 0.6) is 0 Å². The van der Waals surface area contributed by atoms with E-state index in [-0.39, 0.29) is 17.4 Å². The van der Waals surface area contributed by atoms with Crippen LogP contribution in [0.1, 0.15) is 43.6 Å². The Balaban J connectivity index is 2.06. The molecule has 130 valence electrons. The van der Waals surface area contributed by atoms with Crippen molar-refractivity contribution in [3.63, 3.8) is 0 Å². The van der Waals surface area contributed by atoms with Gasteiger partial charge in [-0.3, -0.25) is 14.4 Å². The summed E-state index contributed by atoms with van der Waals surface area (Å²) in [5.41, 5.74) is 9.81. The average molecular weight is 322 g/mol. The van der Waals surface area contributed by atoms with Gasteiger partial charge in [0.05, 0.1) is 25.8 Å². The van der Waals surface area contributed by atoms with Crippen LogP contribution in [0.2, 0.25) is 0 Å². The van der Waals surface area contributed by atoms with Gasteiger partial charge in [0, 0.05) is 36.9 Å². The Kier molecular flexibility index (Phi) is 5.47. The maximum atomic E-state index is 11.3. The lowest BCUT2D eigenvalue weighted by Crippen LogP contribution is -2.52. The van der Waals surface area contributed by atoms with Crippen molar-refractivity contribution in [3.05, 3.63) is 17.0 Å². The molecule has 1 aliphatic rings. The van der Waals surface area contributed by atoms with E-state index in [1.54, 1.807) is 0 Å². The molecule has 1 aliphatic heterocycles. The molecule has 23 heavy (non-hydrogen) atoms. The van der Waals surface area contributed by atoms with Gasteiger partial charge in [-0.15, -0.1) is 0 Å². The minimum absolute atomic E-state index is 0.140. The number of rotatable bonds is 5. The van der Waals surface area contributed by atoms with Crippen molar-refractivity contribution in [1.29, 1.82) is 0 Å². The van der Waals surface area contributed by atoms with E-state index < -0.39 is 0 Å². The molecule has 2 heterocycles. The second-order valence-corrected chi connectivity index (χ2v) is 7.29. The predicted molar refractivity (Wildman–Crippen MR) is 90.0 cm³/mol. The lowest BCUT2D eigenvalue weighted by molar-refractivity contribution is -0.140. The molecular weight excluding hydrogens is 292 g/mol. The molecule has 1 aromatic rings. The van der Waals surface area contributed by atoms with Crippen LogP contribution < -0.4 is 5.73 Å². The molecule has 2 rings (SSSR count). The highest BCUT2D eigenvalue weighted by Crippen LogP contribution is 2.29. The molecule has 1 saturated heterocycles. The topological polar surface area (TPSA) is 73.4 Å². The van der Waals surface area contributed by atoms with Crippen LogP contribution in [0.25, 0.3) is 0 Å².